The quantitative estimate of drug-likeness (QED) is 0.754. The van der Waals surface area contributed by atoms with Crippen LogP contribution in [0.5, 0.6) is 0 Å². The molecule has 0 fully saturated rings. The molecule has 1 amide bonds. The summed E-state index contributed by atoms with van der Waals surface area (Å²) < 4.78 is 12.0. The summed E-state index contributed by atoms with van der Waals surface area (Å²) >= 11 is 11.7. The van der Waals surface area contributed by atoms with Crippen molar-refractivity contribution >= 4 is 39.9 Å². The van der Waals surface area contributed by atoms with Crippen LogP contribution in [0.2, 0.25) is 10.0 Å². The lowest BCUT2D eigenvalue weighted by molar-refractivity contribution is -0.120. The van der Waals surface area contributed by atoms with Gasteiger partial charge in [0.1, 0.15) is 0 Å². The number of carbonyl (C=O) groups is 1. The fraction of sp³-hybridized carbons (Fsp3) is 0.417. The first-order valence-electron chi connectivity index (χ1n) is 5.75. The highest BCUT2D eigenvalue weighted by Gasteiger charge is 2.11. The molecule has 4 nitrogen and oxygen atoms in total. The van der Waals surface area contributed by atoms with Gasteiger partial charge in [-0.15, -0.1) is 0 Å². The van der Waals surface area contributed by atoms with Gasteiger partial charge in [0.2, 0.25) is 5.91 Å². The first-order chi connectivity index (χ1) is 9.04. The molecule has 0 aliphatic carbocycles. The molecule has 0 aliphatic heterocycles. The van der Waals surface area contributed by atoms with Gasteiger partial charge in [-0.2, -0.15) is 0 Å². The van der Waals surface area contributed by atoms with E-state index in [1.165, 1.54) is 0 Å². The van der Waals surface area contributed by atoms with Crippen LogP contribution < -0.4 is 5.32 Å². The van der Waals surface area contributed by atoms with E-state index in [0.717, 1.165) is 0 Å². The van der Waals surface area contributed by atoms with Crippen LogP contribution >= 0.6 is 23.2 Å². The molecule has 1 rings (SSSR count). The standard InChI is InChI=1S/C12H15Cl2NO3S/c13-9-2-3-10(14)11(8-9)19(18)7-4-12(17)15-5-1-6-16/h2-3,8,16H,1,4-7H2,(H,15,17). The van der Waals surface area contributed by atoms with E-state index in [0.29, 0.717) is 27.9 Å². The van der Waals surface area contributed by atoms with Crippen molar-refractivity contribution in [2.24, 2.45) is 0 Å². The first kappa shape index (κ1) is 16.4. The summed E-state index contributed by atoms with van der Waals surface area (Å²) in [7, 11) is -1.36. The van der Waals surface area contributed by atoms with Crippen LogP contribution in [-0.4, -0.2) is 34.1 Å². The number of aliphatic hydroxyl groups is 1. The minimum atomic E-state index is -1.36. The molecule has 2 N–H and O–H groups in total. The summed E-state index contributed by atoms with van der Waals surface area (Å²) in [6, 6.07) is 4.74. The van der Waals surface area contributed by atoms with Gasteiger partial charge in [0.05, 0.1) is 20.7 Å². The number of rotatable bonds is 7. The SMILES string of the molecule is O=C(CCS(=O)c1cc(Cl)ccc1Cl)NCCCO. The Hall–Kier alpha value is -0.620. The molecule has 1 aromatic rings. The lowest BCUT2D eigenvalue weighted by Gasteiger charge is -2.06. The number of benzene rings is 1. The van der Waals surface area contributed by atoms with Crippen molar-refractivity contribution in [3.05, 3.63) is 28.2 Å². The molecule has 0 bridgehead atoms. The van der Waals surface area contributed by atoms with Crippen molar-refractivity contribution in [1.82, 2.24) is 5.32 Å². The van der Waals surface area contributed by atoms with Gasteiger partial charge in [-0.3, -0.25) is 9.00 Å². The van der Waals surface area contributed by atoms with E-state index in [-0.39, 0.29) is 24.7 Å². The highest BCUT2D eigenvalue weighted by atomic mass is 35.5. The molecule has 1 aromatic carbocycles. The van der Waals surface area contributed by atoms with Gasteiger partial charge in [0.25, 0.3) is 0 Å². The fourth-order valence-electron chi connectivity index (χ4n) is 1.34. The maximum Gasteiger partial charge on any atom is 0.220 e. The minimum absolute atomic E-state index is 0.0321. The molecule has 106 valence electrons. The second kappa shape index (κ2) is 8.53. The molecule has 7 heteroatoms. The molecule has 0 saturated carbocycles. The van der Waals surface area contributed by atoms with Gasteiger partial charge < -0.3 is 10.4 Å². The zero-order valence-corrected chi connectivity index (χ0v) is 12.5. The second-order valence-corrected chi connectivity index (χ2v) is 6.18. The number of carbonyl (C=O) groups excluding carboxylic acids is 1. The summed E-state index contributed by atoms with van der Waals surface area (Å²) in [6.07, 6.45) is 0.649. The maximum absolute atomic E-state index is 12.0. The minimum Gasteiger partial charge on any atom is -0.396 e. The van der Waals surface area contributed by atoms with Crippen molar-refractivity contribution in [1.29, 1.82) is 0 Å². The molecule has 1 atom stereocenters. The number of aliphatic hydroxyl groups excluding tert-OH is 1. The number of amides is 1. The zero-order valence-electron chi connectivity index (χ0n) is 10.2. The Morgan fingerprint density at radius 1 is 1.37 bits per heavy atom. The fourth-order valence-corrected chi connectivity index (χ4v) is 3.09. The lowest BCUT2D eigenvalue weighted by Crippen LogP contribution is -2.26. The van der Waals surface area contributed by atoms with Crippen LogP contribution in [0.3, 0.4) is 0 Å². The highest BCUT2D eigenvalue weighted by molar-refractivity contribution is 7.85. The summed E-state index contributed by atoms with van der Waals surface area (Å²) in [5.74, 6) is -0.00895. The van der Waals surface area contributed by atoms with Gasteiger partial charge >= 0.3 is 0 Å². The Kier molecular flexibility index (Phi) is 7.38. The smallest absolute Gasteiger partial charge is 0.220 e. The largest absolute Gasteiger partial charge is 0.396 e. The summed E-state index contributed by atoms with van der Waals surface area (Å²) in [5.41, 5.74) is 0. The van der Waals surface area contributed by atoms with Gasteiger partial charge in [0, 0.05) is 30.3 Å². The third-order valence-electron chi connectivity index (χ3n) is 2.31. The Balaban J connectivity index is 2.47. The van der Waals surface area contributed by atoms with Crippen molar-refractivity contribution in [3.63, 3.8) is 0 Å². The second-order valence-electron chi connectivity index (χ2n) is 3.80. The Bertz CT molecular complexity index is 468. The van der Waals surface area contributed by atoms with Crippen molar-refractivity contribution in [3.8, 4) is 0 Å². The molecule has 0 saturated heterocycles. The molecular formula is C12H15Cl2NO3S. The lowest BCUT2D eigenvalue weighted by atomic mass is 10.4. The molecule has 1 unspecified atom stereocenters. The molecular weight excluding hydrogens is 309 g/mol. The van der Waals surface area contributed by atoms with Crippen molar-refractivity contribution in [2.45, 2.75) is 17.7 Å². The van der Waals surface area contributed by atoms with Crippen LogP contribution in [-0.2, 0) is 15.6 Å². The van der Waals surface area contributed by atoms with E-state index < -0.39 is 10.8 Å². The normalized spacial score (nSPS) is 12.2. The van der Waals surface area contributed by atoms with E-state index >= 15 is 0 Å². The van der Waals surface area contributed by atoms with Gasteiger partial charge in [-0.05, 0) is 24.6 Å². The summed E-state index contributed by atoms with van der Waals surface area (Å²) in [6.45, 7) is 0.449. The zero-order chi connectivity index (χ0) is 14.3. The molecule has 19 heavy (non-hydrogen) atoms. The Labute approximate surface area is 124 Å². The van der Waals surface area contributed by atoms with E-state index in [4.69, 9.17) is 28.3 Å². The van der Waals surface area contributed by atoms with Crippen LogP contribution in [0.25, 0.3) is 0 Å². The number of hydrogen-bond donors (Lipinski definition) is 2. The monoisotopic (exact) mass is 323 g/mol. The van der Waals surface area contributed by atoms with Crippen LogP contribution in [0.15, 0.2) is 23.1 Å². The number of nitrogens with one attached hydrogen (secondary N) is 1. The van der Waals surface area contributed by atoms with Crippen LogP contribution in [0.4, 0.5) is 0 Å². The molecule has 0 aromatic heterocycles. The summed E-state index contributed by atoms with van der Waals surface area (Å²) in [4.78, 5) is 11.9. The molecule has 0 aliphatic rings. The van der Waals surface area contributed by atoms with Gasteiger partial charge in [-0.1, -0.05) is 23.2 Å². The van der Waals surface area contributed by atoms with Crippen LogP contribution in [0.1, 0.15) is 12.8 Å². The third-order valence-corrected chi connectivity index (χ3v) is 4.39. The number of hydrogen-bond acceptors (Lipinski definition) is 3. The average molecular weight is 324 g/mol. The highest BCUT2D eigenvalue weighted by Crippen LogP contribution is 2.24. The predicted octanol–water partition coefficient (Wildman–Crippen LogP) is 1.99. The number of halogens is 2. The first-order valence-corrected chi connectivity index (χ1v) is 7.83. The molecule has 0 radical (unpaired) electrons. The maximum atomic E-state index is 12.0. The van der Waals surface area contributed by atoms with Gasteiger partial charge in [-0.25, -0.2) is 0 Å². The Morgan fingerprint density at radius 3 is 2.79 bits per heavy atom. The molecule has 0 heterocycles. The Morgan fingerprint density at radius 2 is 2.11 bits per heavy atom. The predicted molar refractivity (Wildman–Crippen MR) is 77.1 cm³/mol. The topological polar surface area (TPSA) is 66.4 Å². The van der Waals surface area contributed by atoms with Gasteiger partial charge in [0.15, 0.2) is 0 Å². The van der Waals surface area contributed by atoms with E-state index in [1.807, 2.05) is 0 Å². The average Bonchev–Trinajstić information content (AvgIpc) is 2.39. The van der Waals surface area contributed by atoms with Crippen molar-refractivity contribution in [2.75, 3.05) is 18.9 Å². The van der Waals surface area contributed by atoms with E-state index in [1.54, 1.807) is 18.2 Å². The molecule has 0 spiro atoms. The summed E-state index contributed by atoms with van der Waals surface area (Å²) in [5, 5.41) is 12.0. The van der Waals surface area contributed by atoms with Crippen LogP contribution in [0, 0.1) is 0 Å². The van der Waals surface area contributed by atoms with E-state index in [2.05, 4.69) is 5.32 Å². The van der Waals surface area contributed by atoms with Crippen molar-refractivity contribution < 1.29 is 14.1 Å². The van der Waals surface area contributed by atoms with E-state index in [9.17, 15) is 9.00 Å². The third kappa shape index (κ3) is 5.91.